The van der Waals surface area contributed by atoms with Gasteiger partial charge in [-0.15, -0.1) is 11.3 Å². The minimum atomic E-state index is -4.40. The summed E-state index contributed by atoms with van der Waals surface area (Å²) in [6.45, 7) is 1.70. The number of thiophene rings is 1. The van der Waals surface area contributed by atoms with Crippen LogP contribution in [0.3, 0.4) is 0 Å². The number of hydrogen-bond donors (Lipinski definition) is 1. The molecule has 1 N–H and O–H groups in total. The van der Waals surface area contributed by atoms with Crippen LogP contribution in [-0.2, 0) is 17.5 Å². The highest BCUT2D eigenvalue weighted by atomic mass is 32.1. The normalized spacial score (nSPS) is 17.6. The molecule has 3 heterocycles. The summed E-state index contributed by atoms with van der Waals surface area (Å²) in [5.41, 5.74) is -0.666. The lowest BCUT2D eigenvalue weighted by molar-refractivity contribution is -0.137. The zero-order valence-electron chi connectivity index (χ0n) is 13.0. The highest BCUT2D eigenvalue weighted by Crippen LogP contribution is 2.35. The van der Waals surface area contributed by atoms with E-state index in [9.17, 15) is 18.0 Å². The lowest BCUT2D eigenvalue weighted by Crippen LogP contribution is -2.29. The molecule has 2 aromatic rings. The molecule has 6 nitrogen and oxygen atoms in total. The third kappa shape index (κ3) is 4.73. The largest absolute Gasteiger partial charge is 0.476 e. The Morgan fingerprint density at radius 2 is 2.28 bits per heavy atom. The summed E-state index contributed by atoms with van der Waals surface area (Å²) in [5, 5.41) is 7.47. The molecule has 0 aliphatic carbocycles. The van der Waals surface area contributed by atoms with E-state index in [-0.39, 0.29) is 29.0 Å². The van der Waals surface area contributed by atoms with Gasteiger partial charge in [0.25, 0.3) is 5.91 Å². The van der Waals surface area contributed by atoms with Gasteiger partial charge in [-0.25, -0.2) is 0 Å². The van der Waals surface area contributed by atoms with E-state index in [0.717, 1.165) is 29.2 Å². The molecule has 1 atom stereocenters. The van der Waals surface area contributed by atoms with E-state index in [1.54, 1.807) is 0 Å². The van der Waals surface area contributed by atoms with Gasteiger partial charge in [-0.2, -0.15) is 13.2 Å². The molecule has 1 saturated heterocycles. The maximum Gasteiger partial charge on any atom is 0.417 e. The average Bonchev–Trinajstić information content (AvgIpc) is 3.30. The molecule has 1 fully saturated rings. The first-order valence-electron chi connectivity index (χ1n) is 7.52. The van der Waals surface area contributed by atoms with Crippen molar-refractivity contribution in [3.05, 3.63) is 34.5 Å². The third-order valence-corrected chi connectivity index (χ3v) is 4.47. The monoisotopic (exact) mass is 376 g/mol. The van der Waals surface area contributed by atoms with Crippen LogP contribution in [0.5, 0.6) is 5.06 Å². The molecule has 1 aliphatic rings. The first-order valence-corrected chi connectivity index (χ1v) is 8.40. The van der Waals surface area contributed by atoms with Gasteiger partial charge in [0, 0.05) is 36.6 Å². The number of carbonyl (C=O) groups is 1. The molecule has 0 radical (unpaired) electrons. The zero-order valence-corrected chi connectivity index (χ0v) is 13.8. The number of hydrogen-bond acceptors (Lipinski definition) is 6. The van der Waals surface area contributed by atoms with Crippen LogP contribution in [0.15, 0.2) is 22.0 Å². The van der Waals surface area contributed by atoms with Crippen molar-refractivity contribution >= 4 is 17.2 Å². The lowest BCUT2D eigenvalue weighted by Gasteiger charge is -2.07. The number of carbonyl (C=O) groups excluding carboxylic acids is 1. The number of rotatable bonds is 6. The van der Waals surface area contributed by atoms with Gasteiger partial charge < -0.3 is 19.3 Å². The van der Waals surface area contributed by atoms with Gasteiger partial charge in [-0.05, 0) is 6.42 Å². The molecule has 0 saturated carbocycles. The number of aromatic nitrogens is 1. The van der Waals surface area contributed by atoms with Crippen molar-refractivity contribution in [1.82, 2.24) is 10.5 Å². The predicted molar refractivity (Wildman–Crippen MR) is 81.4 cm³/mol. The van der Waals surface area contributed by atoms with Crippen LogP contribution >= 0.6 is 11.3 Å². The fourth-order valence-electron chi connectivity index (χ4n) is 2.24. The van der Waals surface area contributed by atoms with E-state index >= 15 is 0 Å². The molecule has 136 valence electrons. The maximum atomic E-state index is 12.5. The Labute approximate surface area is 144 Å². The second kappa shape index (κ2) is 7.44. The molecule has 1 aliphatic heterocycles. The predicted octanol–water partition coefficient (Wildman–Crippen LogP) is 3.10. The van der Waals surface area contributed by atoms with Gasteiger partial charge >= 0.3 is 6.18 Å². The van der Waals surface area contributed by atoms with E-state index in [0.29, 0.717) is 25.7 Å². The van der Waals surface area contributed by atoms with E-state index in [1.165, 1.54) is 6.07 Å². The van der Waals surface area contributed by atoms with Crippen molar-refractivity contribution in [2.45, 2.75) is 19.2 Å². The van der Waals surface area contributed by atoms with Gasteiger partial charge in [0.15, 0.2) is 16.5 Å². The Balaban J connectivity index is 1.49. The van der Waals surface area contributed by atoms with Crippen LogP contribution < -0.4 is 10.1 Å². The Kier molecular flexibility index (Phi) is 5.28. The fraction of sp³-hybridized carbons (Fsp3) is 0.467. The van der Waals surface area contributed by atoms with Crippen LogP contribution in [0.4, 0.5) is 13.2 Å². The van der Waals surface area contributed by atoms with E-state index in [4.69, 9.17) is 14.0 Å². The van der Waals surface area contributed by atoms with E-state index in [1.807, 2.05) is 0 Å². The summed E-state index contributed by atoms with van der Waals surface area (Å²) in [6.07, 6.45) is -3.50. The van der Waals surface area contributed by atoms with Crippen molar-refractivity contribution in [2.24, 2.45) is 5.92 Å². The first kappa shape index (κ1) is 17.7. The van der Waals surface area contributed by atoms with Gasteiger partial charge in [0.1, 0.15) is 6.61 Å². The Hall–Kier alpha value is -2.07. The average molecular weight is 376 g/mol. The molecule has 1 unspecified atom stereocenters. The summed E-state index contributed by atoms with van der Waals surface area (Å²) in [5.74, 6) is 0.161. The van der Waals surface area contributed by atoms with Gasteiger partial charge in [0.2, 0.25) is 0 Å². The standard InChI is InChI=1S/C15H15F3N2O4S/c16-15(17,18)10-3-13(25-8-10)23-7-11-4-12(20-24-11)14(21)19-5-9-1-2-22-6-9/h3-4,8-9H,1-2,5-7H2,(H,19,21). The SMILES string of the molecule is O=C(NCC1CCOC1)c1cc(COc2cc(C(F)(F)F)cs2)on1. The second-order valence-corrected chi connectivity index (χ2v) is 6.43. The summed E-state index contributed by atoms with van der Waals surface area (Å²) in [4.78, 5) is 12.0. The molecule has 25 heavy (non-hydrogen) atoms. The molecule has 1 amide bonds. The number of amides is 1. The number of alkyl halides is 3. The van der Waals surface area contributed by atoms with Crippen molar-refractivity contribution in [3.63, 3.8) is 0 Å². The number of halogens is 3. The molecule has 0 aromatic carbocycles. The molecule has 3 rings (SSSR count). The van der Waals surface area contributed by atoms with E-state index < -0.39 is 11.7 Å². The smallest absolute Gasteiger partial charge is 0.417 e. The second-order valence-electron chi connectivity index (χ2n) is 5.56. The van der Waals surface area contributed by atoms with Gasteiger partial charge in [0.05, 0.1) is 12.2 Å². The van der Waals surface area contributed by atoms with Gasteiger partial charge in [-0.3, -0.25) is 4.79 Å². The van der Waals surface area contributed by atoms with Crippen molar-refractivity contribution in [1.29, 1.82) is 0 Å². The van der Waals surface area contributed by atoms with Crippen LogP contribution in [-0.4, -0.2) is 30.8 Å². The lowest BCUT2D eigenvalue weighted by atomic mass is 10.1. The summed E-state index contributed by atoms with van der Waals surface area (Å²) in [7, 11) is 0. The van der Waals surface area contributed by atoms with Crippen LogP contribution in [0.25, 0.3) is 0 Å². The number of ether oxygens (including phenoxy) is 2. The topological polar surface area (TPSA) is 73.6 Å². The molecule has 0 bridgehead atoms. The van der Waals surface area contributed by atoms with E-state index in [2.05, 4.69) is 10.5 Å². The Morgan fingerprint density at radius 3 is 2.96 bits per heavy atom. The molecule has 10 heteroatoms. The van der Waals surface area contributed by atoms with Gasteiger partial charge in [-0.1, -0.05) is 5.16 Å². The molecular formula is C15H15F3N2O4S. The van der Waals surface area contributed by atoms with Crippen LogP contribution in [0.1, 0.15) is 28.2 Å². The van der Waals surface area contributed by atoms with Crippen molar-refractivity contribution < 1.29 is 32.0 Å². The highest BCUT2D eigenvalue weighted by molar-refractivity contribution is 7.12. The van der Waals surface area contributed by atoms with Crippen LogP contribution in [0.2, 0.25) is 0 Å². The third-order valence-electron chi connectivity index (χ3n) is 3.63. The number of nitrogens with one attached hydrogen (secondary N) is 1. The Morgan fingerprint density at radius 1 is 1.44 bits per heavy atom. The summed E-state index contributed by atoms with van der Waals surface area (Å²) < 4.78 is 53.0. The molecular weight excluding hydrogens is 361 g/mol. The summed E-state index contributed by atoms with van der Waals surface area (Å²) >= 11 is 0.836. The summed E-state index contributed by atoms with van der Waals surface area (Å²) in [6, 6.07) is 2.32. The quantitative estimate of drug-likeness (QED) is 0.839. The maximum absolute atomic E-state index is 12.5. The fourth-order valence-corrected chi connectivity index (χ4v) is 3.01. The molecule has 0 spiro atoms. The zero-order chi connectivity index (χ0) is 17.9. The highest BCUT2D eigenvalue weighted by Gasteiger charge is 2.32. The number of nitrogens with zero attached hydrogens (tertiary/aromatic N) is 1. The van der Waals surface area contributed by atoms with Crippen molar-refractivity contribution in [3.8, 4) is 5.06 Å². The van der Waals surface area contributed by atoms with Crippen molar-refractivity contribution in [2.75, 3.05) is 19.8 Å². The molecule has 2 aromatic heterocycles. The van der Waals surface area contributed by atoms with Crippen LogP contribution in [0, 0.1) is 5.92 Å². The Bertz CT molecular complexity index is 722. The first-order chi connectivity index (χ1) is 11.9. The minimum Gasteiger partial charge on any atom is -0.476 e. The minimum absolute atomic E-state index is 0.0969.